The molecule has 2 aromatic rings. The summed E-state index contributed by atoms with van der Waals surface area (Å²) >= 11 is 1.69. The summed E-state index contributed by atoms with van der Waals surface area (Å²) in [7, 11) is 0. The quantitative estimate of drug-likeness (QED) is 0.742. The zero-order valence-electron chi connectivity index (χ0n) is 8.53. The van der Waals surface area contributed by atoms with Crippen molar-refractivity contribution in [1.82, 2.24) is 4.98 Å². The summed E-state index contributed by atoms with van der Waals surface area (Å²) < 4.78 is 1.22. The highest BCUT2D eigenvalue weighted by Crippen LogP contribution is 2.21. The van der Waals surface area contributed by atoms with Crippen LogP contribution in [-0.2, 0) is 6.42 Å². The Balaban J connectivity index is 2.20. The van der Waals surface area contributed by atoms with E-state index in [1.807, 2.05) is 25.1 Å². The van der Waals surface area contributed by atoms with Crippen molar-refractivity contribution < 1.29 is 0 Å². The molecular weight excluding hydrogens is 204 g/mol. The van der Waals surface area contributed by atoms with Crippen molar-refractivity contribution in [2.45, 2.75) is 19.4 Å². The van der Waals surface area contributed by atoms with Crippen LogP contribution in [0.4, 0.5) is 0 Å². The van der Waals surface area contributed by atoms with Crippen molar-refractivity contribution in [2.24, 2.45) is 5.73 Å². The van der Waals surface area contributed by atoms with Crippen molar-refractivity contribution in [2.75, 3.05) is 0 Å². The topological polar surface area (TPSA) is 38.9 Å². The molecule has 0 spiro atoms. The van der Waals surface area contributed by atoms with Crippen LogP contribution >= 0.6 is 11.3 Å². The normalized spacial score (nSPS) is 12.1. The second-order valence-electron chi connectivity index (χ2n) is 3.36. The summed E-state index contributed by atoms with van der Waals surface area (Å²) in [4.78, 5) is 4.48. The van der Waals surface area contributed by atoms with Gasteiger partial charge in [-0.1, -0.05) is 24.0 Å². The van der Waals surface area contributed by atoms with E-state index < -0.39 is 0 Å². The molecule has 0 radical (unpaired) electrons. The smallest absolute Gasteiger partial charge is 0.106 e. The summed E-state index contributed by atoms with van der Waals surface area (Å²) in [5.41, 5.74) is 6.60. The van der Waals surface area contributed by atoms with Crippen LogP contribution in [-0.4, -0.2) is 11.0 Å². The molecule has 2 N–H and O–H groups in total. The van der Waals surface area contributed by atoms with Gasteiger partial charge in [0.2, 0.25) is 0 Å². The summed E-state index contributed by atoms with van der Waals surface area (Å²) in [6.45, 7) is 1.88. The van der Waals surface area contributed by atoms with Crippen molar-refractivity contribution in [1.29, 1.82) is 0 Å². The van der Waals surface area contributed by atoms with Crippen LogP contribution in [0.2, 0.25) is 0 Å². The van der Waals surface area contributed by atoms with Gasteiger partial charge in [0.25, 0.3) is 0 Å². The van der Waals surface area contributed by atoms with Gasteiger partial charge in [-0.15, -0.1) is 11.3 Å². The average Bonchev–Trinajstić information content (AvgIpc) is 2.59. The van der Waals surface area contributed by atoms with Gasteiger partial charge in [-0.25, -0.2) is 4.98 Å². The lowest BCUT2D eigenvalue weighted by atomic mass is 10.3. The number of fused-ring (bicyclic) bond motifs is 1. The molecule has 1 aromatic carbocycles. The number of hydrogen-bond acceptors (Lipinski definition) is 3. The minimum Gasteiger partial charge on any atom is -0.318 e. The first-order chi connectivity index (χ1) is 7.25. The predicted octanol–water partition coefficient (Wildman–Crippen LogP) is 2.19. The molecule has 0 saturated carbocycles. The van der Waals surface area contributed by atoms with E-state index in [1.54, 1.807) is 11.3 Å². The fourth-order valence-corrected chi connectivity index (χ4v) is 2.19. The molecule has 1 atom stereocenters. The zero-order chi connectivity index (χ0) is 10.7. The second-order valence-corrected chi connectivity index (χ2v) is 4.48. The van der Waals surface area contributed by atoms with Crippen LogP contribution in [0.1, 0.15) is 11.9 Å². The lowest BCUT2D eigenvalue weighted by Crippen LogP contribution is -2.10. The van der Waals surface area contributed by atoms with Crippen LogP contribution < -0.4 is 5.73 Å². The number of para-hydroxylation sites is 1. The Bertz CT molecular complexity index is 484. The molecule has 0 bridgehead atoms. The second kappa shape index (κ2) is 4.43. The highest BCUT2D eigenvalue weighted by molar-refractivity contribution is 7.18. The van der Waals surface area contributed by atoms with Crippen molar-refractivity contribution >= 4 is 21.6 Å². The zero-order valence-corrected chi connectivity index (χ0v) is 9.34. The molecule has 0 aliphatic carbocycles. The Labute approximate surface area is 93.1 Å². The summed E-state index contributed by atoms with van der Waals surface area (Å²) in [5, 5.41) is 1.06. The Morgan fingerprint density at radius 2 is 2.27 bits per heavy atom. The molecule has 0 aliphatic heterocycles. The van der Waals surface area contributed by atoms with E-state index in [9.17, 15) is 0 Å². The van der Waals surface area contributed by atoms with Gasteiger partial charge < -0.3 is 5.73 Å². The molecule has 1 heterocycles. The van der Waals surface area contributed by atoms with E-state index in [0.29, 0.717) is 6.42 Å². The standard InChI is InChI=1S/C12H12N2S/c1-9(13)5-4-8-12-14-10-6-2-3-7-11(10)15-12/h2-3,6-7,9H,8,13H2,1H3. The molecule has 15 heavy (non-hydrogen) atoms. The maximum Gasteiger partial charge on any atom is 0.106 e. The maximum atomic E-state index is 5.54. The number of hydrogen-bond donors (Lipinski definition) is 1. The fourth-order valence-electron chi connectivity index (χ4n) is 1.28. The minimum absolute atomic E-state index is 0.0561. The number of benzene rings is 1. The number of rotatable bonds is 1. The SMILES string of the molecule is CC(N)C#CCc1nc2ccccc2s1. The van der Waals surface area contributed by atoms with E-state index in [2.05, 4.69) is 22.9 Å². The summed E-state index contributed by atoms with van der Waals surface area (Å²) in [6.07, 6.45) is 0.695. The van der Waals surface area contributed by atoms with Crippen LogP contribution in [0.25, 0.3) is 10.2 Å². The number of aromatic nitrogens is 1. The van der Waals surface area contributed by atoms with Crippen molar-refractivity contribution in [3.8, 4) is 11.8 Å². The highest BCUT2D eigenvalue weighted by Gasteiger charge is 2.00. The predicted molar refractivity (Wildman–Crippen MR) is 64.7 cm³/mol. The van der Waals surface area contributed by atoms with Gasteiger partial charge in [-0.05, 0) is 19.1 Å². The van der Waals surface area contributed by atoms with Gasteiger partial charge >= 0.3 is 0 Å². The monoisotopic (exact) mass is 216 g/mol. The lowest BCUT2D eigenvalue weighted by Gasteiger charge is -1.87. The molecule has 3 heteroatoms. The molecule has 0 saturated heterocycles. The number of nitrogens with zero attached hydrogens (tertiary/aromatic N) is 1. The van der Waals surface area contributed by atoms with Gasteiger partial charge in [-0.2, -0.15) is 0 Å². The van der Waals surface area contributed by atoms with Gasteiger partial charge in [-0.3, -0.25) is 0 Å². The molecule has 1 unspecified atom stereocenters. The third kappa shape index (κ3) is 2.56. The molecule has 0 fully saturated rings. The highest BCUT2D eigenvalue weighted by atomic mass is 32.1. The lowest BCUT2D eigenvalue weighted by molar-refractivity contribution is 0.957. The first-order valence-electron chi connectivity index (χ1n) is 4.84. The first-order valence-corrected chi connectivity index (χ1v) is 5.66. The van der Waals surface area contributed by atoms with Gasteiger partial charge in [0, 0.05) is 0 Å². The van der Waals surface area contributed by atoms with Crippen LogP contribution in [0, 0.1) is 11.8 Å². The van der Waals surface area contributed by atoms with E-state index in [-0.39, 0.29) is 6.04 Å². The van der Waals surface area contributed by atoms with E-state index >= 15 is 0 Å². The number of thiazole rings is 1. The summed E-state index contributed by atoms with van der Waals surface area (Å²) in [6, 6.07) is 8.07. The maximum absolute atomic E-state index is 5.54. The van der Waals surface area contributed by atoms with Crippen molar-refractivity contribution in [3.05, 3.63) is 29.3 Å². The Kier molecular flexibility index (Phi) is 3.00. The summed E-state index contributed by atoms with van der Waals surface area (Å²) in [5.74, 6) is 5.97. The molecule has 2 rings (SSSR count). The minimum atomic E-state index is -0.0561. The number of nitrogens with two attached hydrogens (primary N) is 1. The first kappa shape index (κ1) is 10.2. The Morgan fingerprint density at radius 1 is 1.47 bits per heavy atom. The molecule has 2 nitrogen and oxygen atoms in total. The van der Waals surface area contributed by atoms with Crippen LogP contribution in [0.15, 0.2) is 24.3 Å². The van der Waals surface area contributed by atoms with E-state index in [1.165, 1.54) is 4.70 Å². The largest absolute Gasteiger partial charge is 0.318 e. The Hall–Kier alpha value is -1.37. The Morgan fingerprint density at radius 3 is 3.00 bits per heavy atom. The van der Waals surface area contributed by atoms with E-state index in [4.69, 9.17) is 5.73 Å². The average molecular weight is 216 g/mol. The van der Waals surface area contributed by atoms with Gasteiger partial charge in [0.15, 0.2) is 0 Å². The molecule has 76 valence electrons. The third-order valence-electron chi connectivity index (χ3n) is 1.91. The van der Waals surface area contributed by atoms with Crippen LogP contribution in [0.5, 0.6) is 0 Å². The molecule has 1 aromatic heterocycles. The van der Waals surface area contributed by atoms with Gasteiger partial charge in [0.05, 0.1) is 22.7 Å². The molecule has 0 aliphatic rings. The van der Waals surface area contributed by atoms with E-state index in [0.717, 1.165) is 10.5 Å². The molecular formula is C12H12N2S. The fraction of sp³-hybridized carbons (Fsp3) is 0.250. The third-order valence-corrected chi connectivity index (χ3v) is 2.94. The van der Waals surface area contributed by atoms with Crippen LogP contribution in [0.3, 0.4) is 0 Å². The van der Waals surface area contributed by atoms with Gasteiger partial charge in [0.1, 0.15) is 5.01 Å². The van der Waals surface area contributed by atoms with Crippen molar-refractivity contribution in [3.63, 3.8) is 0 Å². The molecule has 0 amide bonds.